The normalized spacial score (nSPS) is 31.8. The van der Waals surface area contributed by atoms with Crippen LogP contribution in [0.15, 0.2) is 0 Å². The molecule has 2 aliphatic rings. The number of hydrogen-bond acceptors (Lipinski definition) is 0. The van der Waals surface area contributed by atoms with E-state index in [2.05, 4.69) is 48.5 Å². The van der Waals surface area contributed by atoms with Gasteiger partial charge in [-0.3, -0.25) is 0 Å². The molecule has 10 unspecified atom stereocenters. The number of rotatable bonds is 18. The van der Waals surface area contributed by atoms with Gasteiger partial charge >= 0.3 is 42.1 Å². The number of hydrogen-bond donors (Lipinski definition) is 0. The molecule has 0 N–H and O–H groups in total. The van der Waals surface area contributed by atoms with Crippen LogP contribution in [0.5, 0.6) is 0 Å². The maximum absolute atomic E-state index is 6.39. The minimum Gasteiger partial charge on any atom is -0.358 e. The molecule has 2 fully saturated rings. The zero-order valence-electron chi connectivity index (χ0n) is 25.3. The zero-order valence-corrected chi connectivity index (χ0v) is 34.1. The Morgan fingerprint density at radius 1 is 0.649 bits per heavy atom. The first-order valence-electron chi connectivity index (χ1n) is 15.1. The third-order valence-electron chi connectivity index (χ3n) is 10.2. The summed E-state index contributed by atoms with van der Waals surface area (Å²) in [5.41, 5.74) is 0. The summed E-state index contributed by atoms with van der Waals surface area (Å²) >= 11 is 0. The minimum atomic E-state index is 0. The first kappa shape index (κ1) is 43.6. The molecule has 0 spiro atoms. The van der Waals surface area contributed by atoms with Gasteiger partial charge in [0, 0.05) is 21.1 Å². The van der Waals surface area contributed by atoms with Gasteiger partial charge in [-0.05, 0) is 24.2 Å². The van der Waals surface area contributed by atoms with Crippen LogP contribution in [0.3, 0.4) is 0 Å². The average Bonchev–Trinajstić information content (AvgIpc) is 2.82. The molecule has 2 aliphatic carbocycles. The second-order valence-corrected chi connectivity index (χ2v) is 12.2. The average molecular weight is 1020 g/mol. The van der Waals surface area contributed by atoms with Crippen LogP contribution < -0.4 is 0 Å². The van der Waals surface area contributed by atoms with E-state index in [0.29, 0.717) is 29.5 Å². The van der Waals surface area contributed by atoms with Gasteiger partial charge in [-0.25, -0.2) is 0 Å². The third-order valence-corrected chi connectivity index (χ3v) is 10.2. The van der Waals surface area contributed by atoms with Crippen LogP contribution in [0.25, 0.3) is 0 Å². The van der Waals surface area contributed by atoms with Crippen LogP contribution in [0.4, 0.5) is 0 Å². The van der Waals surface area contributed by atoms with E-state index in [0.717, 1.165) is 36.0 Å². The molecule has 10 atom stereocenters. The summed E-state index contributed by atoms with van der Waals surface area (Å²) in [4.78, 5) is 0. The third kappa shape index (κ3) is 12.9. The molecule has 4 heteroatoms. The predicted molar refractivity (Wildman–Crippen MR) is 155 cm³/mol. The molecule has 0 aliphatic heterocycles. The van der Waals surface area contributed by atoms with Gasteiger partial charge in [-0.2, -0.15) is 18.3 Å². The molecule has 37 heavy (non-hydrogen) atoms. The molecular formula is C33H61BW3. The van der Waals surface area contributed by atoms with Gasteiger partial charge in [0.25, 0.3) is 0 Å². The molecule has 0 bridgehead atoms. The van der Waals surface area contributed by atoms with Crippen molar-refractivity contribution >= 4 is 7.85 Å². The molecular weight excluding hydrogens is 959 g/mol. The SMILES string of the molecule is [B]C1C([CH2-])C(C[CH2-])C1CCC(CCC)CCCCC(CCC)CCC1C(C)C([CH2-])C1CCC.[CH3-].[W+2].[W+2].[W]. The topological polar surface area (TPSA) is 0 Å². The number of unbranched alkanes of at least 4 members (excludes halogenated alkanes) is 1. The van der Waals surface area contributed by atoms with Crippen LogP contribution in [-0.4, -0.2) is 7.85 Å². The van der Waals surface area contributed by atoms with E-state index in [1.807, 2.05) is 0 Å². The molecule has 2 radical (unpaired) electrons. The Kier molecular flexibility index (Phi) is 27.9. The van der Waals surface area contributed by atoms with Gasteiger partial charge in [0.1, 0.15) is 0 Å². The van der Waals surface area contributed by atoms with E-state index >= 15 is 0 Å². The van der Waals surface area contributed by atoms with Crippen LogP contribution in [0.2, 0.25) is 5.82 Å². The Bertz CT molecular complexity index is 516. The molecule has 0 nitrogen and oxygen atoms in total. The van der Waals surface area contributed by atoms with E-state index in [-0.39, 0.29) is 70.6 Å². The standard InChI is InChI=1S/C32H58B.CH3.3W/c1-8-14-26(19-21-30-24(6)23(5)29(30)16-10-3)17-12-13-18-27(15-9-2)20-22-31-28(11-4)25(7)32(31)33;;;;/h23-32H,4-5,7-22H2,1-3,6H3;1H3;;;/q-3;-1;;2*+2. The van der Waals surface area contributed by atoms with Crippen molar-refractivity contribution in [3.8, 4) is 0 Å². The Morgan fingerprint density at radius 3 is 1.57 bits per heavy atom. The van der Waals surface area contributed by atoms with Crippen molar-refractivity contribution < 1.29 is 63.2 Å². The molecule has 0 aromatic heterocycles. The first-order chi connectivity index (χ1) is 15.9. The predicted octanol–water partition coefficient (Wildman–Crippen LogP) is 10.4. The van der Waals surface area contributed by atoms with Gasteiger partial charge < -0.3 is 28.2 Å². The maximum Gasteiger partial charge on any atom is 2.00 e. The van der Waals surface area contributed by atoms with E-state index in [9.17, 15) is 0 Å². The molecule has 0 heterocycles. The van der Waals surface area contributed by atoms with E-state index in [1.165, 1.54) is 89.9 Å². The summed E-state index contributed by atoms with van der Waals surface area (Å²) in [5, 5.41) is 0. The quantitative estimate of drug-likeness (QED) is 0.0729. The van der Waals surface area contributed by atoms with Crippen molar-refractivity contribution in [1.29, 1.82) is 0 Å². The maximum atomic E-state index is 6.39. The summed E-state index contributed by atoms with van der Waals surface area (Å²) in [7, 11) is 6.39. The smallest absolute Gasteiger partial charge is 0.358 e. The van der Waals surface area contributed by atoms with Crippen LogP contribution >= 0.6 is 0 Å². The first-order valence-corrected chi connectivity index (χ1v) is 15.1. The van der Waals surface area contributed by atoms with Crippen molar-refractivity contribution in [3.63, 3.8) is 0 Å². The van der Waals surface area contributed by atoms with E-state index < -0.39 is 0 Å². The van der Waals surface area contributed by atoms with Crippen molar-refractivity contribution in [2.75, 3.05) is 0 Å². The van der Waals surface area contributed by atoms with Crippen LogP contribution in [0, 0.1) is 81.5 Å². The fraction of sp³-hybridized carbons (Fsp3) is 0.879. The summed E-state index contributed by atoms with van der Waals surface area (Å²) in [5.74, 6) is 7.41. The summed E-state index contributed by atoms with van der Waals surface area (Å²) in [6.45, 7) is 22.4. The van der Waals surface area contributed by atoms with E-state index in [1.54, 1.807) is 0 Å². The van der Waals surface area contributed by atoms with Gasteiger partial charge in [-0.15, -0.1) is 0 Å². The summed E-state index contributed by atoms with van der Waals surface area (Å²) < 4.78 is 0. The molecule has 214 valence electrons. The molecule has 0 saturated heterocycles. The fourth-order valence-corrected chi connectivity index (χ4v) is 7.81. The fourth-order valence-electron chi connectivity index (χ4n) is 7.81. The van der Waals surface area contributed by atoms with Gasteiger partial charge in [0.2, 0.25) is 0 Å². The van der Waals surface area contributed by atoms with E-state index in [4.69, 9.17) is 7.85 Å². The molecule has 2 saturated carbocycles. The largest absolute Gasteiger partial charge is 2.00 e. The Balaban J connectivity index is -0.00000289. The zero-order chi connectivity index (χ0) is 24.4. The van der Waals surface area contributed by atoms with Crippen LogP contribution in [-0.2, 0) is 63.2 Å². The second kappa shape index (κ2) is 23.7. The van der Waals surface area contributed by atoms with Gasteiger partial charge in [0.15, 0.2) is 0 Å². The Morgan fingerprint density at radius 2 is 1.14 bits per heavy atom. The van der Waals surface area contributed by atoms with Crippen molar-refractivity contribution in [1.82, 2.24) is 0 Å². The summed E-state index contributed by atoms with van der Waals surface area (Å²) in [6, 6.07) is 0. The minimum absolute atomic E-state index is 0. The second-order valence-electron chi connectivity index (χ2n) is 12.2. The Hall–Kier alpha value is 2.13. The molecule has 0 aromatic rings. The Labute approximate surface area is 280 Å². The molecule has 0 amide bonds. The van der Waals surface area contributed by atoms with Crippen molar-refractivity contribution in [2.24, 2.45) is 53.3 Å². The molecule has 2 rings (SSSR count). The molecule has 0 aromatic carbocycles. The van der Waals surface area contributed by atoms with Gasteiger partial charge in [-0.1, -0.05) is 141 Å². The van der Waals surface area contributed by atoms with Crippen molar-refractivity contribution in [2.45, 2.75) is 130 Å². The summed E-state index contributed by atoms with van der Waals surface area (Å²) in [6.07, 6.45) is 20.6. The van der Waals surface area contributed by atoms with Gasteiger partial charge in [0.05, 0.1) is 7.85 Å². The van der Waals surface area contributed by atoms with Crippen LogP contribution in [0.1, 0.15) is 124 Å². The monoisotopic (exact) mass is 1020 g/mol. The van der Waals surface area contributed by atoms with Crippen molar-refractivity contribution in [3.05, 3.63) is 28.2 Å².